The second-order valence-corrected chi connectivity index (χ2v) is 5.48. The minimum Gasteiger partial charge on any atom is -0.379 e. The molecule has 1 unspecified atom stereocenters. The number of imidazole rings is 1. The summed E-state index contributed by atoms with van der Waals surface area (Å²) in [5.74, 6) is 0.567. The van der Waals surface area contributed by atoms with Gasteiger partial charge < -0.3 is 10.5 Å². The third-order valence-electron chi connectivity index (χ3n) is 3.93. The van der Waals surface area contributed by atoms with Crippen LogP contribution < -0.4 is 5.73 Å². The summed E-state index contributed by atoms with van der Waals surface area (Å²) in [7, 11) is 1.94. The minimum atomic E-state index is 0.257. The average Bonchev–Trinajstić information content (AvgIpc) is 2.89. The second kappa shape index (κ2) is 5.06. The predicted molar refractivity (Wildman–Crippen MR) is 77.6 cm³/mol. The number of aryl methyl sites for hydroxylation is 2. The van der Waals surface area contributed by atoms with Crippen LogP contribution in [0.2, 0.25) is 0 Å². The summed E-state index contributed by atoms with van der Waals surface area (Å²) >= 11 is 0. The van der Waals surface area contributed by atoms with Gasteiger partial charge >= 0.3 is 0 Å². The lowest BCUT2D eigenvalue weighted by Gasteiger charge is -2.29. The van der Waals surface area contributed by atoms with Crippen molar-refractivity contribution in [3.63, 3.8) is 0 Å². The Labute approximate surface area is 118 Å². The van der Waals surface area contributed by atoms with Crippen molar-refractivity contribution in [2.45, 2.75) is 19.9 Å². The molecule has 2 aromatic rings. The first-order chi connectivity index (χ1) is 9.58. The first-order valence-corrected chi connectivity index (χ1v) is 7.05. The molecule has 1 aliphatic rings. The van der Waals surface area contributed by atoms with Crippen LogP contribution in [0.15, 0.2) is 0 Å². The number of anilines is 1. The summed E-state index contributed by atoms with van der Waals surface area (Å²) in [5, 5.41) is 4.43. The highest BCUT2D eigenvalue weighted by Crippen LogP contribution is 2.25. The van der Waals surface area contributed by atoms with Crippen molar-refractivity contribution in [2.75, 3.05) is 38.6 Å². The number of ether oxygens (including phenoxy) is 1. The van der Waals surface area contributed by atoms with Crippen LogP contribution in [0.25, 0.3) is 11.2 Å². The first-order valence-electron chi connectivity index (χ1n) is 7.05. The predicted octanol–water partition coefficient (Wildman–Crippen LogP) is 0.554. The van der Waals surface area contributed by atoms with E-state index < -0.39 is 0 Å². The Balaban J connectivity index is 1.90. The van der Waals surface area contributed by atoms with Crippen LogP contribution in [0.3, 0.4) is 0 Å². The fourth-order valence-corrected chi connectivity index (χ4v) is 2.99. The molecule has 0 aromatic carbocycles. The maximum absolute atomic E-state index is 6.11. The zero-order valence-electron chi connectivity index (χ0n) is 12.3. The fourth-order valence-electron chi connectivity index (χ4n) is 2.99. The van der Waals surface area contributed by atoms with Crippen molar-refractivity contribution < 1.29 is 4.74 Å². The van der Waals surface area contributed by atoms with Gasteiger partial charge in [0.05, 0.1) is 18.9 Å². The first kappa shape index (κ1) is 13.4. The molecule has 3 heterocycles. The molecule has 2 N–H and O–H groups in total. The van der Waals surface area contributed by atoms with Gasteiger partial charge in [-0.1, -0.05) is 0 Å². The monoisotopic (exact) mass is 278 g/mol. The number of aromatic nitrogens is 4. The molecule has 0 amide bonds. The molecule has 0 bridgehead atoms. The molecule has 0 aliphatic carbocycles. The molecule has 1 aliphatic heterocycles. The Kier molecular flexibility index (Phi) is 3.39. The normalized spacial score (nSPS) is 18.8. The molecule has 7 heteroatoms. The average molecular weight is 278 g/mol. The summed E-state index contributed by atoms with van der Waals surface area (Å²) in [6.07, 6.45) is 0. The second-order valence-electron chi connectivity index (χ2n) is 5.48. The molecule has 0 radical (unpaired) electrons. The molecule has 3 rings (SSSR count). The summed E-state index contributed by atoms with van der Waals surface area (Å²) in [6, 6.07) is 0.257. The lowest BCUT2D eigenvalue weighted by molar-refractivity contribution is 0.0328. The number of fused-ring (bicyclic) bond motifs is 1. The van der Waals surface area contributed by atoms with Crippen LogP contribution in [-0.4, -0.2) is 57.1 Å². The minimum absolute atomic E-state index is 0.257. The lowest BCUT2D eigenvalue weighted by Crippen LogP contribution is -2.39. The van der Waals surface area contributed by atoms with Crippen LogP contribution in [0.4, 0.5) is 5.95 Å². The number of rotatable bonds is 3. The number of nitrogens with zero attached hydrogens (tertiary/aromatic N) is 5. The topological polar surface area (TPSA) is 74.1 Å². The van der Waals surface area contributed by atoms with Gasteiger partial charge in [0.15, 0.2) is 5.65 Å². The number of hydrogen-bond donors (Lipinski definition) is 1. The zero-order valence-corrected chi connectivity index (χ0v) is 12.3. The molecule has 2 aromatic heterocycles. The number of nitrogen functional groups attached to an aromatic ring is 1. The van der Waals surface area contributed by atoms with Crippen LogP contribution in [0.5, 0.6) is 0 Å². The largest absolute Gasteiger partial charge is 0.379 e. The van der Waals surface area contributed by atoms with Crippen molar-refractivity contribution in [1.29, 1.82) is 0 Å². The van der Waals surface area contributed by atoms with E-state index in [4.69, 9.17) is 10.5 Å². The highest BCUT2D eigenvalue weighted by molar-refractivity contribution is 5.77. The van der Waals surface area contributed by atoms with Gasteiger partial charge in [-0.2, -0.15) is 5.10 Å². The van der Waals surface area contributed by atoms with Gasteiger partial charge in [-0.25, -0.2) is 4.98 Å². The van der Waals surface area contributed by atoms with Crippen molar-refractivity contribution in [1.82, 2.24) is 24.2 Å². The summed E-state index contributed by atoms with van der Waals surface area (Å²) in [5.41, 5.74) is 8.93. The van der Waals surface area contributed by atoms with Gasteiger partial charge in [0, 0.05) is 32.7 Å². The molecular formula is C13H22N6O. The van der Waals surface area contributed by atoms with E-state index in [1.807, 2.05) is 18.7 Å². The molecule has 110 valence electrons. The maximum atomic E-state index is 6.11. The van der Waals surface area contributed by atoms with Crippen LogP contribution in [-0.2, 0) is 11.8 Å². The van der Waals surface area contributed by atoms with Crippen molar-refractivity contribution >= 4 is 17.1 Å². The number of nitrogens with two attached hydrogens (primary N) is 1. The SMILES string of the molecule is Cc1nn(C)c2c1nc(N)n2C(C)CN1CCOCC1. The molecule has 1 saturated heterocycles. The van der Waals surface area contributed by atoms with Gasteiger partial charge in [-0.3, -0.25) is 14.1 Å². The van der Waals surface area contributed by atoms with Gasteiger partial charge in [0.2, 0.25) is 5.95 Å². The van der Waals surface area contributed by atoms with Crippen LogP contribution in [0, 0.1) is 6.92 Å². The molecule has 0 saturated carbocycles. The highest BCUT2D eigenvalue weighted by atomic mass is 16.5. The van der Waals surface area contributed by atoms with E-state index in [2.05, 4.69) is 26.5 Å². The summed E-state index contributed by atoms with van der Waals surface area (Å²) in [6.45, 7) is 8.67. The van der Waals surface area contributed by atoms with E-state index in [0.29, 0.717) is 5.95 Å². The Morgan fingerprint density at radius 3 is 2.75 bits per heavy atom. The van der Waals surface area contributed by atoms with E-state index in [-0.39, 0.29) is 6.04 Å². The lowest BCUT2D eigenvalue weighted by atomic mass is 10.2. The molecule has 0 spiro atoms. The number of morpholine rings is 1. The third-order valence-corrected chi connectivity index (χ3v) is 3.93. The quantitative estimate of drug-likeness (QED) is 0.887. The van der Waals surface area contributed by atoms with Crippen molar-refractivity contribution in [3.05, 3.63) is 5.69 Å². The fraction of sp³-hybridized carbons (Fsp3) is 0.692. The summed E-state index contributed by atoms with van der Waals surface area (Å²) < 4.78 is 9.34. The van der Waals surface area contributed by atoms with Gasteiger partial charge in [0.1, 0.15) is 5.52 Å². The van der Waals surface area contributed by atoms with Crippen molar-refractivity contribution in [2.24, 2.45) is 7.05 Å². The van der Waals surface area contributed by atoms with Gasteiger partial charge in [0.25, 0.3) is 0 Å². The van der Waals surface area contributed by atoms with E-state index in [9.17, 15) is 0 Å². The molecule has 1 fully saturated rings. The Bertz CT molecular complexity index is 610. The van der Waals surface area contributed by atoms with E-state index in [1.165, 1.54) is 0 Å². The molecule has 1 atom stereocenters. The standard InChI is InChI=1S/C13H22N6O/c1-9(8-18-4-6-20-7-5-18)19-12-11(15-13(19)14)10(2)16-17(12)3/h9H,4-8H2,1-3H3,(H2,14,15). The summed E-state index contributed by atoms with van der Waals surface area (Å²) in [4.78, 5) is 6.87. The van der Waals surface area contributed by atoms with E-state index in [0.717, 1.165) is 49.7 Å². The van der Waals surface area contributed by atoms with Crippen LogP contribution in [0.1, 0.15) is 18.7 Å². The molecular weight excluding hydrogens is 256 g/mol. The Morgan fingerprint density at radius 2 is 2.05 bits per heavy atom. The van der Waals surface area contributed by atoms with E-state index in [1.54, 1.807) is 0 Å². The Hall–Kier alpha value is -1.60. The van der Waals surface area contributed by atoms with E-state index >= 15 is 0 Å². The molecule has 20 heavy (non-hydrogen) atoms. The maximum Gasteiger partial charge on any atom is 0.202 e. The number of hydrogen-bond acceptors (Lipinski definition) is 5. The van der Waals surface area contributed by atoms with Gasteiger partial charge in [-0.05, 0) is 13.8 Å². The third kappa shape index (κ3) is 2.16. The highest BCUT2D eigenvalue weighted by Gasteiger charge is 2.22. The van der Waals surface area contributed by atoms with Crippen LogP contribution >= 0.6 is 0 Å². The van der Waals surface area contributed by atoms with Gasteiger partial charge in [-0.15, -0.1) is 0 Å². The zero-order chi connectivity index (χ0) is 14.3. The van der Waals surface area contributed by atoms with Crippen molar-refractivity contribution in [3.8, 4) is 0 Å². The smallest absolute Gasteiger partial charge is 0.202 e. The molecule has 7 nitrogen and oxygen atoms in total. The Morgan fingerprint density at radius 1 is 1.35 bits per heavy atom.